The molecule has 0 fully saturated rings. The van der Waals surface area contributed by atoms with Crippen LogP contribution in [-0.2, 0) is 11.3 Å². The monoisotopic (exact) mass is 317 g/mol. The van der Waals surface area contributed by atoms with E-state index in [2.05, 4.69) is 10.6 Å². The van der Waals surface area contributed by atoms with Crippen molar-refractivity contribution in [1.29, 1.82) is 0 Å². The van der Waals surface area contributed by atoms with Gasteiger partial charge in [-0.1, -0.05) is 30.3 Å². The molecule has 0 aromatic heterocycles. The van der Waals surface area contributed by atoms with Crippen LogP contribution >= 0.6 is 0 Å². The zero-order valence-electron chi connectivity index (χ0n) is 12.5. The zero-order valence-corrected chi connectivity index (χ0v) is 12.5. The van der Waals surface area contributed by atoms with Crippen LogP contribution in [0.25, 0.3) is 0 Å². The zero-order chi connectivity index (χ0) is 16.8. The molecule has 0 aliphatic carbocycles. The van der Waals surface area contributed by atoms with E-state index >= 15 is 0 Å². The number of rotatable bonds is 6. The summed E-state index contributed by atoms with van der Waals surface area (Å²) in [6.07, 6.45) is 0. The van der Waals surface area contributed by atoms with Gasteiger partial charge in [0.15, 0.2) is 0 Å². The molecule has 0 bridgehead atoms. The van der Waals surface area contributed by atoms with Crippen molar-refractivity contribution in [2.45, 2.75) is 19.5 Å². The maximum absolute atomic E-state index is 13.1. The molecule has 120 valence electrons. The smallest absolute Gasteiger partial charge is 0.295 e. The molecule has 2 aromatic carbocycles. The molecule has 1 atom stereocenters. The summed E-state index contributed by atoms with van der Waals surface area (Å²) in [7, 11) is 0. The van der Waals surface area contributed by atoms with Crippen molar-refractivity contribution in [1.82, 2.24) is 5.32 Å². The lowest BCUT2D eigenvalue weighted by Gasteiger charge is -2.15. The van der Waals surface area contributed by atoms with E-state index in [4.69, 9.17) is 0 Å². The molecule has 6 nitrogen and oxygen atoms in total. The van der Waals surface area contributed by atoms with E-state index in [-0.39, 0.29) is 11.6 Å². The van der Waals surface area contributed by atoms with Gasteiger partial charge in [-0.3, -0.25) is 14.9 Å². The maximum atomic E-state index is 13.1. The third-order valence-corrected chi connectivity index (χ3v) is 3.23. The lowest BCUT2D eigenvalue weighted by molar-refractivity contribution is -0.384. The van der Waals surface area contributed by atoms with E-state index in [1.807, 2.05) is 30.3 Å². The second-order valence-electron chi connectivity index (χ2n) is 4.99. The minimum Gasteiger partial charge on any atom is -0.368 e. The first kappa shape index (κ1) is 16.4. The lowest BCUT2D eigenvalue weighted by atomic mass is 10.2. The SMILES string of the molecule is CC(Nc1ccc(F)cc1[N+](=O)[O-])C(=O)NCc1ccccc1. The number of carbonyl (C=O) groups excluding carboxylic acids is 1. The van der Waals surface area contributed by atoms with Gasteiger partial charge in [0.2, 0.25) is 5.91 Å². The molecule has 7 heteroatoms. The van der Waals surface area contributed by atoms with E-state index in [1.54, 1.807) is 6.92 Å². The van der Waals surface area contributed by atoms with E-state index in [1.165, 1.54) is 6.07 Å². The van der Waals surface area contributed by atoms with E-state index in [0.29, 0.717) is 6.54 Å². The highest BCUT2D eigenvalue weighted by molar-refractivity contribution is 5.85. The van der Waals surface area contributed by atoms with Crippen LogP contribution in [0.1, 0.15) is 12.5 Å². The van der Waals surface area contributed by atoms with Crippen LogP contribution in [0.2, 0.25) is 0 Å². The van der Waals surface area contributed by atoms with Crippen LogP contribution in [0.4, 0.5) is 15.8 Å². The minimum atomic E-state index is -0.706. The summed E-state index contributed by atoms with van der Waals surface area (Å²) < 4.78 is 13.1. The van der Waals surface area contributed by atoms with Crippen LogP contribution < -0.4 is 10.6 Å². The Morgan fingerprint density at radius 2 is 1.96 bits per heavy atom. The Kier molecular flexibility index (Phi) is 5.24. The number of amides is 1. The Bertz CT molecular complexity index is 707. The molecule has 1 amide bonds. The Labute approximate surface area is 132 Å². The van der Waals surface area contributed by atoms with Gasteiger partial charge >= 0.3 is 0 Å². The van der Waals surface area contributed by atoms with Gasteiger partial charge in [-0.2, -0.15) is 0 Å². The summed E-state index contributed by atoms with van der Waals surface area (Å²) in [5.41, 5.74) is 0.632. The van der Waals surface area contributed by atoms with Crippen LogP contribution in [0.15, 0.2) is 48.5 Å². The molecule has 0 saturated carbocycles. The quantitative estimate of drug-likeness (QED) is 0.634. The largest absolute Gasteiger partial charge is 0.368 e. The molecule has 0 aliphatic rings. The van der Waals surface area contributed by atoms with Crippen LogP contribution in [-0.4, -0.2) is 16.9 Å². The summed E-state index contributed by atoms with van der Waals surface area (Å²) >= 11 is 0. The summed E-state index contributed by atoms with van der Waals surface area (Å²) in [6, 6.07) is 11.8. The summed E-state index contributed by atoms with van der Waals surface area (Å²) in [6.45, 7) is 1.94. The van der Waals surface area contributed by atoms with Gasteiger partial charge < -0.3 is 10.6 Å². The molecule has 0 radical (unpaired) electrons. The Morgan fingerprint density at radius 3 is 2.61 bits per heavy atom. The molecule has 2 aromatic rings. The highest BCUT2D eigenvalue weighted by Crippen LogP contribution is 2.25. The van der Waals surface area contributed by atoms with Gasteiger partial charge in [0.1, 0.15) is 17.5 Å². The first-order chi connectivity index (χ1) is 11.0. The number of anilines is 1. The van der Waals surface area contributed by atoms with Crippen molar-refractivity contribution in [2.75, 3.05) is 5.32 Å². The molecule has 0 heterocycles. The van der Waals surface area contributed by atoms with Crippen molar-refractivity contribution in [3.05, 3.63) is 70.0 Å². The lowest BCUT2D eigenvalue weighted by Crippen LogP contribution is -2.37. The molecule has 0 saturated heterocycles. The summed E-state index contributed by atoms with van der Waals surface area (Å²) in [5, 5.41) is 16.4. The predicted octanol–water partition coefficient (Wildman–Crippen LogP) is 2.85. The minimum absolute atomic E-state index is 0.0961. The number of benzene rings is 2. The number of nitrogens with zero attached hydrogens (tertiary/aromatic N) is 1. The second-order valence-corrected chi connectivity index (χ2v) is 4.99. The average Bonchev–Trinajstić information content (AvgIpc) is 2.55. The predicted molar refractivity (Wildman–Crippen MR) is 84.4 cm³/mol. The summed E-state index contributed by atoms with van der Waals surface area (Å²) in [5.74, 6) is -1.02. The third kappa shape index (κ3) is 4.50. The van der Waals surface area contributed by atoms with Crippen molar-refractivity contribution in [3.8, 4) is 0 Å². The molecule has 0 aliphatic heterocycles. The van der Waals surface area contributed by atoms with Crippen molar-refractivity contribution >= 4 is 17.3 Å². The van der Waals surface area contributed by atoms with E-state index in [0.717, 1.165) is 17.7 Å². The Hall–Kier alpha value is -2.96. The standard InChI is InChI=1S/C16H16FN3O3/c1-11(16(21)18-10-12-5-3-2-4-6-12)19-14-8-7-13(17)9-15(14)20(22)23/h2-9,11,19H,10H2,1H3,(H,18,21). The number of nitro groups is 1. The fourth-order valence-electron chi connectivity index (χ4n) is 2.01. The number of nitrogens with one attached hydrogen (secondary N) is 2. The molecule has 2 rings (SSSR count). The van der Waals surface area contributed by atoms with E-state index in [9.17, 15) is 19.3 Å². The van der Waals surface area contributed by atoms with E-state index < -0.39 is 22.5 Å². The molecule has 0 spiro atoms. The molecular formula is C16H16FN3O3. The molecule has 23 heavy (non-hydrogen) atoms. The van der Waals surface area contributed by atoms with Gasteiger partial charge in [-0.05, 0) is 24.6 Å². The maximum Gasteiger partial charge on any atom is 0.295 e. The Morgan fingerprint density at radius 1 is 1.26 bits per heavy atom. The Balaban J connectivity index is 2.00. The molecule has 1 unspecified atom stereocenters. The number of halogens is 1. The fourth-order valence-corrected chi connectivity index (χ4v) is 2.01. The van der Waals surface area contributed by atoms with Crippen LogP contribution in [0, 0.1) is 15.9 Å². The normalized spacial score (nSPS) is 11.6. The average molecular weight is 317 g/mol. The number of carbonyl (C=O) groups is 1. The van der Waals surface area contributed by atoms with Gasteiger partial charge in [-0.25, -0.2) is 4.39 Å². The third-order valence-electron chi connectivity index (χ3n) is 3.23. The first-order valence-corrected chi connectivity index (χ1v) is 6.99. The van der Waals surface area contributed by atoms with Gasteiger partial charge in [0.25, 0.3) is 5.69 Å². The topological polar surface area (TPSA) is 84.3 Å². The molecule has 2 N–H and O–H groups in total. The summed E-state index contributed by atoms with van der Waals surface area (Å²) in [4.78, 5) is 22.3. The van der Waals surface area contributed by atoms with Gasteiger partial charge in [0, 0.05) is 6.54 Å². The van der Waals surface area contributed by atoms with Crippen molar-refractivity contribution in [2.24, 2.45) is 0 Å². The number of hydrogen-bond acceptors (Lipinski definition) is 4. The highest BCUT2D eigenvalue weighted by atomic mass is 19.1. The second kappa shape index (κ2) is 7.35. The first-order valence-electron chi connectivity index (χ1n) is 6.99. The van der Waals surface area contributed by atoms with Gasteiger partial charge in [-0.15, -0.1) is 0 Å². The molecular weight excluding hydrogens is 301 g/mol. The van der Waals surface area contributed by atoms with Crippen molar-refractivity contribution in [3.63, 3.8) is 0 Å². The fraction of sp³-hybridized carbons (Fsp3) is 0.188. The van der Waals surface area contributed by atoms with Gasteiger partial charge in [0.05, 0.1) is 11.0 Å². The van der Waals surface area contributed by atoms with Crippen LogP contribution in [0.3, 0.4) is 0 Å². The van der Waals surface area contributed by atoms with Crippen LogP contribution in [0.5, 0.6) is 0 Å². The highest BCUT2D eigenvalue weighted by Gasteiger charge is 2.19. The number of hydrogen-bond donors (Lipinski definition) is 2. The van der Waals surface area contributed by atoms with Crippen molar-refractivity contribution < 1.29 is 14.1 Å². The number of nitro benzene ring substituents is 1.